The number of hydrogen-bond acceptors (Lipinski definition) is 3. The molecular weight excluding hydrogens is 375 g/mol. The molecule has 1 aliphatic carbocycles. The largest absolute Gasteiger partial charge is 0.344 e. The van der Waals surface area contributed by atoms with Gasteiger partial charge in [-0.2, -0.15) is 11.8 Å². The predicted molar refractivity (Wildman–Crippen MR) is 106 cm³/mol. The molecule has 1 aromatic carbocycles. The number of anilines is 1. The number of carbonyl (C=O) groups is 2. The van der Waals surface area contributed by atoms with Crippen LogP contribution in [0.2, 0.25) is 5.02 Å². The average Bonchev–Trinajstić information content (AvgIpc) is 2.62. The van der Waals surface area contributed by atoms with E-state index in [1.54, 1.807) is 11.8 Å². The van der Waals surface area contributed by atoms with Gasteiger partial charge in [-0.3, -0.25) is 9.59 Å². The summed E-state index contributed by atoms with van der Waals surface area (Å²) in [5, 5.41) is 5.58. The van der Waals surface area contributed by atoms with Crippen LogP contribution in [0.5, 0.6) is 0 Å². The van der Waals surface area contributed by atoms with Crippen molar-refractivity contribution in [1.29, 1.82) is 0 Å². The van der Waals surface area contributed by atoms with Crippen LogP contribution < -0.4 is 10.6 Å². The summed E-state index contributed by atoms with van der Waals surface area (Å²) in [4.78, 5) is 25.2. The Kier molecular flexibility index (Phi) is 8.22. The second kappa shape index (κ2) is 10.2. The number of nitrogens with one attached hydrogen (secondary N) is 2. The third kappa shape index (κ3) is 6.16. The van der Waals surface area contributed by atoms with E-state index < -0.39 is 11.9 Å². The molecule has 0 spiro atoms. The zero-order chi connectivity index (χ0) is 19.1. The van der Waals surface area contributed by atoms with Gasteiger partial charge in [0.1, 0.15) is 11.9 Å². The lowest BCUT2D eigenvalue weighted by Gasteiger charge is -2.27. The number of amides is 2. The Bertz CT molecular complexity index is 636. The molecule has 7 heteroatoms. The molecule has 4 nitrogen and oxygen atoms in total. The first kappa shape index (κ1) is 21.0. The van der Waals surface area contributed by atoms with Crippen molar-refractivity contribution in [3.63, 3.8) is 0 Å². The van der Waals surface area contributed by atoms with Crippen molar-refractivity contribution in [1.82, 2.24) is 5.32 Å². The van der Waals surface area contributed by atoms with Crippen molar-refractivity contribution >= 4 is 40.9 Å². The molecule has 2 N–H and O–H groups in total. The number of rotatable bonds is 7. The van der Waals surface area contributed by atoms with Crippen molar-refractivity contribution in [2.45, 2.75) is 45.1 Å². The molecule has 2 rings (SSSR count). The molecule has 0 heterocycles. The number of thioether (sulfide) groups is 1. The third-order valence-electron chi connectivity index (χ3n) is 4.82. The van der Waals surface area contributed by atoms with Gasteiger partial charge >= 0.3 is 0 Å². The molecule has 2 amide bonds. The maximum atomic E-state index is 13.3. The topological polar surface area (TPSA) is 58.2 Å². The van der Waals surface area contributed by atoms with E-state index >= 15 is 0 Å². The van der Waals surface area contributed by atoms with Crippen LogP contribution in [0.4, 0.5) is 10.1 Å². The second-order valence-corrected chi connectivity index (χ2v) is 8.31. The van der Waals surface area contributed by atoms with Crippen molar-refractivity contribution in [3.8, 4) is 0 Å². The summed E-state index contributed by atoms with van der Waals surface area (Å²) in [6.45, 7) is 2.21. The van der Waals surface area contributed by atoms with E-state index in [9.17, 15) is 14.0 Å². The van der Waals surface area contributed by atoms with Crippen LogP contribution in [0, 0.1) is 17.7 Å². The molecule has 0 saturated heterocycles. The van der Waals surface area contributed by atoms with Crippen LogP contribution in [-0.4, -0.2) is 29.9 Å². The minimum atomic E-state index is -0.613. The highest BCUT2D eigenvalue weighted by atomic mass is 35.5. The normalized spacial score (nSPS) is 21.1. The predicted octanol–water partition coefficient (Wildman–Crippen LogP) is 4.48. The molecule has 1 fully saturated rings. The fourth-order valence-electron chi connectivity index (χ4n) is 3.12. The van der Waals surface area contributed by atoms with Crippen LogP contribution in [0.1, 0.15) is 39.0 Å². The Balaban J connectivity index is 1.99. The molecule has 1 unspecified atom stereocenters. The highest BCUT2D eigenvalue weighted by Crippen LogP contribution is 2.28. The highest BCUT2D eigenvalue weighted by Gasteiger charge is 2.28. The Morgan fingerprint density at radius 2 is 2.00 bits per heavy atom. The number of carbonyl (C=O) groups excluding carboxylic acids is 2. The van der Waals surface area contributed by atoms with E-state index in [2.05, 4.69) is 17.6 Å². The van der Waals surface area contributed by atoms with Crippen molar-refractivity contribution in [2.24, 2.45) is 11.8 Å². The zero-order valence-corrected chi connectivity index (χ0v) is 16.8. The van der Waals surface area contributed by atoms with Crippen molar-refractivity contribution in [2.75, 3.05) is 17.3 Å². The smallest absolute Gasteiger partial charge is 0.246 e. The first-order valence-electron chi connectivity index (χ1n) is 8.96. The lowest BCUT2D eigenvalue weighted by molar-refractivity contribution is -0.130. The van der Waals surface area contributed by atoms with Gasteiger partial charge in [-0.25, -0.2) is 4.39 Å². The number of hydrogen-bond donors (Lipinski definition) is 2. The van der Waals surface area contributed by atoms with Crippen LogP contribution in [0.3, 0.4) is 0 Å². The van der Waals surface area contributed by atoms with Crippen molar-refractivity contribution < 1.29 is 14.0 Å². The number of halogens is 2. The number of benzene rings is 1. The molecule has 1 aromatic rings. The highest BCUT2D eigenvalue weighted by molar-refractivity contribution is 7.98. The maximum absolute atomic E-state index is 13.3. The SMILES string of the molecule is CSCCC(NC(=O)C1CCC(C)CC1)C(=O)Nc1ccc(F)c(Cl)c1. The van der Waals surface area contributed by atoms with E-state index in [1.807, 2.05) is 6.26 Å². The molecule has 0 aliphatic heterocycles. The van der Waals surface area contributed by atoms with Gasteiger partial charge in [0.05, 0.1) is 5.02 Å². The Morgan fingerprint density at radius 1 is 1.31 bits per heavy atom. The Labute approximate surface area is 163 Å². The Morgan fingerprint density at radius 3 is 2.62 bits per heavy atom. The second-order valence-electron chi connectivity index (χ2n) is 6.92. The standard InChI is InChI=1S/C19H26ClFN2O2S/c1-12-3-5-13(6-4-12)18(24)23-17(9-10-26-2)19(25)22-14-7-8-16(21)15(20)11-14/h7-8,11-13,17H,3-6,9-10H2,1-2H3,(H,22,25)(H,23,24). The molecule has 0 radical (unpaired) electrons. The Hall–Kier alpha value is -1.27. The van der Waals surface area contributed by atoms with Gasteiger partial charge in [-0.1, -0.05) is 18.5 Å². The van der Waals surface area contributed by atoms with E-state index in [4.69, 9.17) is 11.6 Å². The summed E-state index contributed by atoms with van der Waals surface area (Å²) in [6.07, 6.45) is 6.34. The van der Waals surface area contributed by atoms with Crippen molar-refractivity contribution in [3.05, 3.63) is 29.0 Å². The first-order valence-corrected chi connectivity index (χ1v) is 10.7. The van der Waals surface area contributed by atoms with Gasteiger partial charge in [-0.05, 0) is 68.2 Å². The minimum Gasteiger partial charge on any atom is -0.344 e. The summed E-state index contributed by atoms with van der Waals surface area (Å²) >= 11 is 7.38. The van der Waals surface area contributed by atoms with Gasteiger partial charge in [0, 0.05) is 11.6 Å². The maximum Gasteiger partial charge on any atom is 0.246 e. The van der Waals surface area contributed by atoms with Crippen LogP contribution in [0.25, 0.3) is 0 Å². The van der Waals surface area contributed by atoms with E-state index in [0.717, 1.165) is 31.4 Å². The molecule has 144 valence electrons. The minimum absolute atomic E-state index is 0.0176. The summed E-state index contributed by atoms with van der Waals surface area (Å²) < 4.78 is 13.3. The van der Waals surface area contributed by atoms with Gasteiger partial charge in [0.2, 0.25) is 11.8 Å². The lowest BCUT2D eigenvalue weighted by atomic mass is 9.82. The van der Waals surface area contributed by atoms with Crippen LogP contribution in [-0.2, 0) is 9.59 Å². The molecule has 0 bridgehead atoms. The van der Waals surface area contributed by atoms with E-state index in [-0.39, 0.29) is 22.8 Å². The van der Waals surface area contributed by atoms with Gasteiger partial charge < -0.3 is 10.6 Å². The molecule has 1 saturated carbocycles. The zero-order valence-electron chi connectivity index (χ0n) is 15.2. The summed E-state index contributed by atoms with van der Waals surface area (Å²) in [6, 6.07) is 3.41. The third-order valence-corrected chi connectivity index (χ3v) is 5.75. The molecule has 0 aromatic heterocycles. The van der Waals surface area contributed by atoms with E-state index in [0.29, 0.717) is 18.0 Å². The monoisotopic (exact) mass is 400 g/mol. The van der Waals surface area contributed by atoms with Gasteiger partial charge in [0.15, 0.2) is 0 Å². The summed E-state index contributed by atoms with van der Waals surface area (Å²) in [5.41, 5.74) is 0.413. The fraction of sp³-hybridized carbons (Fsp3) is 0.579. The summed E-state index contributed by atoms with van der Waals surface area (Å²) in [7, 11) is 0. The quantitative estimate of drug-likeness (QED) is 0.709. The van der Waals surface area contributed by atoms with Gasteiger partial charge in [-0.15, -0.1) is 0 Å². The lowest BCUT2D eigenvalue weighted by Crippen LogP contribution is -2.46. The molecule has 26 heavy (non-hydrogen) atoms. The van der Waals surface area contributed by atoms with Crippen LogP contribution in [0.15, 0.2) is 18.2 Å². The molecular formula is C19H26ClFN2O2S. The first-order chi connectivity index (χ1) is 12.4. The van der Waals surface area contributed by atoms with Gasteiger partial charge in [0.25, 0.3) is 0 Å². The van der Waals surface area contributed by atoms with Crippen LogP contribution >= 0.6 is 23.4 Å². The molecule has 1 atom stereocenters. The summed E-state index contributed by atoms with van der Waals surface area (Å²) in [5.74, 6) is 0.511. The average molecular weight is 401 g/mol. The van der Waals surface area contributed by atoms with E-state index in [1.165, 1.54) is 18.2 Å². The molecule has 1 aliphatic rings. The fourth-order valence-corrected chi connectivity index (χ4v) is 3.77.